The first kappa shape index (κ1) is 13.4. The van der Waals surface area contributed by atoms with Crippen LogP contribution >= 0.6 is 46.4 Å². The second-order valence-corrected chi connectivity index (χ2v) is 4.20. The van der Waals surface area contributed by atoms with Gasteiger partial charge in [0.1, 0.15) is 6.61 Å². The molecular formula is C8H2Cl4CuO2. The van der Waals surface area contributed by atoms with Crippen LogP contribution in [0.5, 0.6) is 0 Å². The SMILES string of the molecule is O=C1OCc2c(Cl)c(Cl)c(Cl)c(Cl)c21.[Cu]. The second kappa shape index (κ2) is 4.70. The van der Waals surface area contributed by atoms with Crippen LogP contribution < -0.4 is 0 Å². The number of fused-ring (bicyclic) bond motifs is 1. The quantitative estimate of drug-likeness (QED) is 0.310. The molecule has 1 aliphatic heterocycles. The normalized spacial score (nSPS) is 13.2. The smallest absolute Gasteiger partial charge is 0.340 e. The fourth-order valence-corrected chi connectivity index (χ4v) is 2.26. The monoisotopic (exact) mass is 333 g/mol. The third-order valence-electron chi connectivity index (χ3n) is 1.92. The van der Waals surface area contributed by atoms with Gasteiger partial charge < -0.3 is 4.74 Å². The van der Waals surface area contributed by atoms with Crippen molar-refractivity contribution in [2.45, 2.75) is 6.61 Å². The number of hydrogen-bond donors (Lipinski definition) is 0. The van der Waals surface area contributed by atoms with Crippen molar-refractivity contribution in [1.29, 1.82) is 0 Å². The Morgan fingerprint density at radius 2 is 1.47 bits per heavy atom. The minimum Gasteiger partial charge on any atom is -0.457 e. The van der Waals surface area contributed by atoms with E-state index in [0.29, 0.717) is 5.56 Å². The Labute approximate surface area is 116 Å². The van der Waals surface area contributed by atoms with Gasteiger partial charge in [-0.2, -0.15) is 0 Å². The number of halogens is 4. The molecule has 7 heteroatoms. The van der Waals surface area contributed by atoms with Crippen molar-refractivity contribution in [2.75, 3.05) is 0 Å². The maximum Gasteiger partial charge on any atom is 0.340 e. The van der Waals surface area contributed by atoms with E-state index in [4.69, 9.17) is 51.1 Å². The number of rotatable bonds is 0. The van der Waals surface area contributed by atoms with Crippen molar-refractivity contribution in [3.05, 3.63) is 31.2 Å². The molecule has 1 aliphatic rings. The first-order valence-corrected chi connectivity index (χ1v) is 5.07. The molecule has 0 bridgehead atoms. The van der Waals surface area contributed by atoms with Gasteiger partial charge in [-0.25, -0.2) is 4.79 Å². The van der Waals surface area contributed by atoms with E-state index < -0.39 is 5.97 Å². The van der Waals surface area contributed by atoms with E-state index in [9.17, 15) is 4.79 Å². The van der Waals surface area contributed by atoms with E-state index >= 15 is 0 Å². The Kier molecular flexibility index (Phi) is 4.21. The van der Waals surface area contributed by atoms with Crippen LogP contribution in [0, 0.1) is 0 Å². The van der Waals surface area contributed by atoms with Crippen molar-refractivity contribution in [3.63, 3.8) is 0 Å². The van der Waals surface area contributed by atoms with Crippen LogP contribution in [0.25, 0.3) is 0 Å². The maximum atomic E-state index is 11.2. The summed E-state index contributed by atoms with van der Waals surface area (Å²) < 4.78 is 4.77. The summed E-state index contributed by atoms with van der Waals surface area (Å²) in [6, 6.07) is 0. The first-order valence-electron chi connectivity index (χ1n) is 3.56. The molecule has 0 unspecified atom stereocenters. The van der Waals surface area contributed by atoms with E-state index in [1.165, 1.54) is 0 Å². The molecule has 0 saturated carbocycles. The number of esters is 1. The van der Waals surface area contributed by atoms with Gasteiger partial charge in [-0.1, -0.05) is 46.4 Å². The van der Waals surface area contributed by atoms with Crippen LogP contribution in [-0.2, 0) is 28.4 Å². The first-order chi connectivity index (χ1) is 6.54. The van der Waals surface area contributed by atoms with E-state index in [1.807, 2.05) is 0 Å². The van der Waals surface area contributed by atoms with Crippen LogP contribution in [-0.4, -0.2) is 5.97 Å². The molecule has 0 amide bonds. The summed E-state index contributed by atoms with van der Waals surface area (Å²) >= 11 is 23.3. The molecule has 0 N–H and O–H groups in total. The molecule has 0 saturated heterocycles. The molecule has 1 aromatic rings. The Morgan fingerprint density at radius 3 is 2.07 bits per heavy atom. The number of carbonyl (C=O) groups excluding carboxylic acids is 1. The number of ether oxygens (including phenoxy) is 1. The standard InChI is InChI=1S/C8H2Cl4O2.Cu/c9-4-2-1-14-8(13)3(2)5(10)7(12)6(4)11;/h1H2;. The fraction of sp³-hybridized carbons (Fsp3) is 0.125. The van der Waals surface area contributed by atoms with Gasteiger partial charge in [-0.3, -0.25) is 0 Å². The van der Waals surface area contributed by atoms with Gasteiger partial charge in [0.05, 0.1) is 25.7 Å². The van der Waals surface area contributed by atoms with Crippen LogP contribution in [0.2, 0.25) is 20.1 Å². The van der Waals surface area contributed by atoms with Crippen molar-refractivity contribution in [1.82, 2.24) is 0 Å². The Balaban J connectivity index is 0.00000112. The second-order valence-electron chi connectivity index (χ2n) is 2.69. The summed E-state index contributed by atoms with van der Waals surface area (Å²) in [6.07, 6.45) is 0. The zero-order valence-corrected chi connectivity index (χ0v) is 10.8. The number of cyclic esters (lactones) is 1. The molecule has 0 spiro atoms. The minimum atomic E-state index is -0.523. The van der Waals surface area contributed by atoms with E-state index in [2.05, 4.69) is 0 Å². The molecule has 85 valence electrons. The molecule has 0 fully saturated rings. The molecule has 1 aromatic carbocycles. The molecule has 1 heterocycles. The van der Waals surface area contributed by atoms with Crippen molar-refractivity contribution in [3.8, 4) is 0 Å². The van der Waals surface area contributed by atoms with Gasteiger partial charge in [0, 0.05) is 22.6 Å². The zero-order valence-electron chi connectivity index (χ0n) is 6.84. The van der Waals surface area contributed by atoms with E-state index in [-0.39, 0.29) is 49.3 Å². The Hall–Kier alpha value is 0.369. The summed E-state index contributed by atoms with van der Waals surface area (Å²) in [5.41, 5.74) is 0.710. The number of carbonyl (C=O) groups is 1. The van der Waals surface area contributed by atoms with Crippen molar-refractivity contribution < 1.29 is 26.6 Å². The molecule has 0 aliphatic carbocycles. The molecule has 0 atom stereocenters. The molecule has 0 aromatic heterocycles. The summed E-state index contributed by atoms with van der Waals surface area (Å²) in [5.74, 6) is -0.523. The number of hydrogen-bond acceptors (Lipinski definition) is 2. The molecular weight excluding hydrogens is 333 g/mol. The van der Waals surface area contributed by atoms with Gasteiger partial charge >= 0.3 is 5.97 Å². The largest absolute Gasteiger partial charge is 0.457 e. The average Bonchev–Trinajstić information content (AvgIpc) is 2.54. The van der Waals surface area contributed by atoms with Crippen molar-refractivity contribution in [2.24, 2.45) is 0 Å². The maximum absolute atomic E-state index is 11.2. The van der Waals surface area contributed by atoms with Crippen LogP contribution in [0.15, 0.2) is 0 Å². The Morgan fingerprint density at radius 1 is 0.933 bits per heavy atom. The minimum absolute atomic E-state index is 0. The van der Waals surface area contributed by atoms with E-state index in [1.54, 1.807) is 0 Å². The third kappa shape index (κ3) is 1.97. The van der Waals surface area contributed by atoms with Gasteiger partial charge in [0.25, 0.3) is 0 Å². The molecule has 2 nitrogen and oxygen atoms in total. The van der Waals surface area contributed by atoms with Gasteiger partial charge in [-0.15, -0.1) is 0 Å². The fourth-order valence-electron chi connectivity index (χ4n) is 1.24. The van der Waals surface area contributed by atoms with Crippen LogP contribution in [0.1, 0.15) is 15.9 Å². The topological polar surface area (TPSA) is 26.3 Å². The van der Waals surface area contributed by atoms with Gasteiger partial charge in [0.2, 0.25) is 0 Å². The summed E-state index contributed by atoms with van der Waals surface area (Å²) in [6.45, 7) is 0.0869. The molecule has 2 rings (SSSR count). The summed E-state index contributed by atoms with van der Waals surface area (Å²) in [5, 5.41) is 0.548. The number of benzene rings is 1. The molecule has 1 radical (unpaired) electrons. The predicted molar refractivity (Wildman–Crippen MR) is 55.6 cm³/mol. The van der Waals surface area contributed by atoms with Gasteiger partial charge in [-0.05, 0) is 0 Å². The molecule has 15 heavy (non-hydrogen) atoms. The van der Waals surface area contributed by atoms with E-state index in [0.717, 1.165) is 0 Å². The summed E-state index contributed by atoms with van der Waals surface area (Å²) in [4.78, 5) is 11.2. The average molecular weight is 335 g/mol. The Bertz CT molecular complexity index is 447. The van der Waals surface area contributed by atoms with Crippen molar-refractivity contribution >= 4 is 52.4 Å². The predicted octanol–water partition coefficient (Wildman–Crippen LogP) is 3.97. The van der Waals surface area contributed by atoms with Crippen LogP contribution in [0.4, 0.5) is 0 Å². The van der Waals surface area contributed by atoms with Crippen LogP contribution in [0.3, 0.4) is 0 Å². The third-order valence-corrected chi connectivity index (χ3v) is 3.76. The summed E-state index contributed by atoms with van der Waals surface area (Å²) in [7, 11) is 0. The van der Waals surface area contributed by atoms with Gasteiger partial charge in [0.15, 0.2) is 0 Å². The zero-order chi connectivity index (χ0) is 10.5.